The molecule has 1 saturated heterocycles. The van der Waals surface area contributed by atoms with Crippen LogP contribution in [0.25, 0.3) is 11.1 Å². The van der Waals surface area contributed by atoms with Gasteiger partial charge in [0.05, 0.1) is 12.5 Å². The van der Waals surface area contributed by atoms with E-state index in [1.54, 1.807) is 25.5 Å². The van der Waals surface area contributed by atoms with E-state index >= 15 is 0 Å². The monoisotopic (exact) mass is 772 g/mol. The van der Waals surface area contributed by atoms with Crippen LogP contribution in [0.15, 0.2) is 53.7 Å². The van der Waals surface area contributed by atoms with Crippen molar-refractivity contribution in [2.75, 3.05) is 20.6 Å². The van der Waals surface area contributed by atoms with Crippen molar-refractivity contribution in [1.82, 2.24) is 24.6 Å². The predicted octanol–water partition coefficient (Wildman–Crippen LogP) is 3.55. The molecule has 17 heteroatoms. The molecular weight excluding hydrogens is 727 g/mol. The van der Waals surface area contributed by atoms with Gasteiger partial charge in [-0.3, -0.25) is 14.4 Å². The van der Waals surface area contributed by atoms with Gasteiger partial charge in [0.2, 0.25) is 18.2 Å². The van der Waals surface area contributed by atoms with Crippen LogP contribution < -0.4 is 15.4 Å². The van der Waals surface area contributed by atoms with E-state index in [4.69, 9.17) is 9.57 Å². The van der Waals surface area contributed by atoms with Crippen molar-refractivity contribution in [3.8, 4) is 11.1 Å². The molecular formula is C37H46F2N6O8S. The highest BCUT2D eigenvalue weighted by Gasteiger charge is 2.66. The summed E-state index contributed by atoms with van der Waals surface area (Å²) in [7, 11) is -2.10. The number of carbonyl (C=O) groups excluding carboxylic acids is 4. The molecule has 14 nitrogen and oxygen atoms in total. The lowest BCUT2D eigenvalue weighted by molar-refractivity contribution is -0.143. The Hall–Kier alpha value is -4.64. The highest BCUT2D eigenvalue weighted by atomic mass is 32.2. The largest absolute Gasteiger partial charge is 0.446 e. The lowest BCUT2D eigenvalue weighted by atomic mass is 9.85. The molecule has 2 aromatic rings. The second-order valence-electron chi connectivity index (χ2n) is 15.6. The number of fused-ring (bicyclic) bond motifs is 3. The highest BCUT2D eigenvalue weighted by Crippen LogP contribution is 2.48. The van der Waals surface area contributed by atoms with Crippen LogP contribution in [-0.2, 0) is 34.2 Å². The number of amides is 4. The van der Waals surface area contributed by atoms with E-state index in [-0.39, 0.29) is 19.1 Å². The SMILES string of the molecule is CN(C)S(=O)(=O)NC(=O)[C@]1(NC(=O)[C@@H]2C[C@@H](ON=C3c4ccccc4-c4ccccc43)CN2C(=O)[C@@H](NC(=O)OC2CCCC2)C(C)(C)C)C[C@H]1C(F)F. The molecule has 5 atom stereocenters. The molecule has 4 amide bonds. The standard InChI is InChI=1S/C37H46F2N6O8S/c1-36(2,3)30(40-35(49)52-21-12-6-7-13-21)33(47)45-20-22(53-42-29-25-16-10-8-14-23(25)24-15-9-11-17-26(24)29)18-28(45)32(46)41-37(19-27(37)31(38)39)34(48)43-54(50,51)44(4)5/h8-11,14-17,21-22,27-28,30-31H,6-7,12-13,18-20H2,1-5H3,(H,40,49)(H,41,46)(H,43,48)/t22-,27+,28+,30-,37+/m1/s1. The van der Waals surface area contributed by atoms with Crippen molar-refractivity contribution < 1.29 is 46.0 Å². The molecule has 1 aliphatic heterocycles. The summed E-state index contributed by atoms with van der Waals surface area (Å²) in [5.41, 5.74) is 0.961. The number of rotatable bonds is 11. The van der Waals surface area contributed by atoms with Crippen LogP contribution in [-0.4, -0.2) is 104 Å². The molecule has 3 aliphatic carbocycles. The van der Waals surface area contributed by atoms with Crippen molar-refractivity contribution >= 4 is 39.7 Å². The van der Waals surface area contributed by atoms with Gasteiger partial charge in [0.25, 0.3) is 5.91 Å². The Morgan fingerprint density at radius 2 is 1.52 bits per heavy atom. The summed E-state index contributed by atoms with van der Waals surface area (Å²) in [6.07, 6.45) is -2.46. The Morgan fingerprint density at radius 3 is 2.04 bits per heavy atom. The molecule has 0 spiro atoms. The Balaban J connectivity index is 1.29. The van der Waals surface area contributed by atoms with Crippen molar-refractivity contribution in [3.63, 3.8) is 0 Å². The molecule has 3 fully saturated rings. The first-order valence-corrected chi connectivity index (χ1v) is 19.4. The maximum absolute atomic E-state index is 14.5. The maximum atomic E-state index is 14.5. The molecule has 2 aromatic carbocycles. The first kappa shape index (κ1) is 39.1. The van der Waals surface area contributed by atoms with Crippen LogP contribution in [0.1, 0.15) is 70.4 Å². The van der Waals surface area contributed by atoms with Crippen LogP contribution in [0.4, 0.5) is 13.6 Å². The third-order valence-corrected chi connectivity index (χ3v) is 11.9. The second kappa shape index (κ2) is 14.9. The van der Waals surface area contributed by atoms with Gasteiger partial charge < -0.3 is 25.1 Å². The minimum atomic E-state index is -4.40. The van der Waals surface area contributed by atoms with Crippen LogP contribution in [0.3, 0.4) is 0 Å². The van der Waals surface area contributed by atoms with Crippen LogP contribution in [0.2, 0.25) is 0 Å². The summed E-state index contributed by atoms with van der Waals surface area (Å²) < 4.78 is 61.2. The van der Waals surface area contributed by atoms with E-state index in [9.17, 15) is 36.4 Å². The van der Waals surface area contributed by atoms with Gasteiger partial charge in [-0.1, -0.05) is 74.5 Å². The Bertz CT molecular complexity index is 1900. The van der Waals surface area contributed by atoms with E-state index in [2.05, 4.69) is 15.8 Å². The summed E-state index contributed by atoms with van der Waals surface area (Å²) in [6.45, 7) is 5.00. The van der Waals surface area contributed by atoms with Crippen LogP contribution >= 0.6 is 0 Å². The molecule has 6 rings (SSSR count). The van der Waals surface area contributed by atoms with Gasteiger partial charge in [-0.25, -0.2) is 18.3 Å². The highest BCUT2D eigenvalue weighted by molar-refractivity contribution is 7.87. The number of hydrogen-bond donors (Lipinski definition) is 3. The number of alkyl carbamates (subject to hydrolysis) is 1. The maximum Gasteiger partial charge on any atom is 0.408 e. The Kier molecular flexibility index (Phi) is 10.8. The van der Waals surface area contributed by atoms with Gasteiger partial charge in [-0.05, 0) is 48.6 Å². The Morgan fingerprint density at radius 1 is 0.944 bits per heavy atom. The number of benzene rings is 2. The van der Waals surface area contributed by atoms with Gasteiger partial charge in [0.1, 0.15) is 35.5 Å². The molecule has 54 heavy (non-hydrogen) atoms. The topological polar surface area (TPSA) is 176 Å². The van der Waals surface area contributed by atoms with Crippen molar-refractivity contribution in [2.24, 2.45) is 16.5 Å². The van der Waals surface area contributed by atoms with Gasteiger partial charge in [0, 0.05) is 31.6 Å². The van der Waals surface area contributed by atoms with Gasteiger partial charge in [0.15, 0.2) is 0 Å². The number of carbonyl (C=O) groups is 4. The summed E-state index contributed by atoms with van der Waals surface area (Å²) in [6, 6.07) is 12.7. The molecule has 292 valence electrons. The van der Waals surface area contributed by atoms with Crippen LogP contribution in [0.5, 0.6) is 0 Å². The molecule has 1 heterocycles. The number of hydrogen-bond acceptors (Lipinski definition) is 9. The van der Waals surface area contributed by atoms with Crippen molar-refractivity contribution in [1.29, 1.82) is 0 Å². The van der Waals surface area contributed by atoms with Gasteiger partial charge in [-0.2, -0.15) is 12.7 Å². The fraction of sp³-hybridized carbons (Fsp3) is 0.541. The molecule has 0 unspecified atom stereocenters. The fourth-order valence-electron chi connectivity index (χ4n) is 7.37. The molecule has 3 N–H and O–H groups in total. The lowest BCUT2D eigenvalue weighted by Crippen LogP contribution is -2.60. The zero-order chi connectivity index (χ0) is 39.2. The van der Waals surface area contributed by atoms with E-state index in [0.717, 1.165) is 49.2 Å². The van der Waals surface area contributed by atoms with Crippen molar-refractivity contribution in [2.45, 2.75) is 95.6 Å². The van der Waals surface area contributed by atoms with Crippen molar-refractivity contribution in [3.05, 3.63) is 59.7 Å². The minimum absolute atomic E-state index is 0.159. The van der Waals surface area contributed by atoms with Crippen LogP contribution in [0, 0.1) is 11.3 Å². The smallest absolute Gasteiger partial charge is 0.408 e. The Labute approximate surface area is 313 Å². The number of alkyl halides is 2. The fourth-order valence-corrected chi connectivity index (χ4v) is 7.96. The molecule has 0 bridgehead atoms. The summed E-state index contributed by atoms with van der Waals surface area (Å²) >= 11 is 0. The number of nitrogens with one attached hydrogen (secondary N) is 3. The third-order valence-electron chi connectivity index (χ3n) is 10.5. The average molecular weight is 773 g/mol. The zero-order valence-corrected chi connectivity index (χ0v) is 31.6. The number of likely N-dealkylation sites (tertiary alicyclic amines) is 1. The molecule has 0 radical (unpaired) electrons. The number of ether oxygens (including phenoxy) is 1. The lowest BCUT2D eigenvalue weighted by Gasteiger charge is -2.35. The van der Waals surface area contributed by atoms with Gasteiger partial charge in [-0.15, -0.1) is 0 Å². The molecule has 4 aliphatic rings. The number of nitrogens with zero attached hydrogens (tertiary/aromatic N) is 3. The normalized spacial score (nSPS) is 24.1. The molecule has 0 aromatic heterocycles. The van der Waals surface area contributed by atoms with E-state index in [0.29, 0.717) is 22.9 Å². The molecule has 2 saturated carbocycles. The van der Waals surface area contributed by atoms with Gasteiger partial charge >= 0.3 is 16.3 Å². The summed E-state index contributed by atoms with van der Waals surface area (Å²) in [5, 5.41) is 9.57. The number of oxime groups is 1. The number of halogens is 2. The summed E-state index contributed by atoms with van der Waals surface area (Å²) in [4.78, 5) is 62.2. The van der Waals surface area contributed by atoms with E-state index in [1.165, 1.54) is 4.90 Å². The van der Waals surface area contributed by atoms with E-state index < -0.39 is 81.9 Å². The first-order valence-electron chi connectivity index (χ1n) is 18.0. The first-order chi connectivity index (χ1) is 25.4. The predicted molar refractivity (Wildman–Crippen MR) is 193 cm³/mol. The van der Waals surface area contributed by atoms with E-state index in [1.807, 2.05) is 48.5 Å². The zero-order valence-electron chi connectivity index (χ0n) is 30.8. The minimum Gasteiger partial charge on any atom is -0.446 e. The third kappa shape index (κ3) is 7.78. The summed E-state index contributed by atoms with van der Waals surface area (Å²) in [5.74, 6) is -4.65. The quantitative estimate of drug-likeness (QED) is 0.248. The average Bonchev–Trinajstić information content (AvgIpc) is 3.40. The second-order valence-corrected chi connectivity index (χ2v) is 17.5.